The highest BCUT2D eigenvalue weighted by Gasteiger charge is 2.24. The number of aromatic nitrogens is 2. The van der Waals surface area contributed by atoms with Gasteiger partial charge in [-0.1, -0.05) is 12.8 Å². The van der Waals surface area contributed by atoms with Gasteiger partial charge in [0.2, 0.25) is 0 Å². The van der Waals surface area contributed by atoms with E-state index in [1.807, 2.05) is 0 Å². The Balaban J connectivity index is 2.00. The first-order chi connectivity index (χ1) is 8.40. The van der Waals surface area contributed by atoms with Crippen molar-refractivity contribution in [2.75, 3.05) is 0 Å². The third kappa shape index (κ3) is 1.91. The number of hydrogen-bond donors (Lipinski definition) is 2. The maximum Gasteiger partial charge on any atom is 0.0976 e. The number of H-pyrrole nitrogens is 1. The van der Waals surface area contributed by atoms with Gasteiger partial charge in [0.15, 0.2) is 0 Å². The minimum Gasteiger partial charge on any atom is -0.326 e. The molecule has 2 heterocycles. The number of nitrogens with two attached hydrogens (primary N) is 1. The first-order valence-corrected chi connectivity index (χ1v) is 7.14. The third-order valence-corrected chi connectivity index (χ3v) is 4.34. The van der Waals surface area contributed by atoms with Gasteiger partial charge in [-0.2, -0.15) is 16.4 Å². The van der Waals surface area contributed by atoms with Crippen LogP contribution in [-0.2, 0) is 6.54 Å². The zero-order valence-electron chi connectivity index (χ0n) is 9.78. The van der Waals surface area contributed by atoms with Crippen molar-refractivity contribution in [1.29, 1.82) is 0 Å². The number of hydrogen-bond acceptors (Lipinski definition) is 3. The molecule has 0 amide bonds. The molecule has 2 aromatic rings. The van der Waals surface area contributed by atoms with Gasteiger partial charge in [0.1, 0.15) is 0 Å². The van der Waals surface area contributed by atoms with Crippen molar-refractivity contribution in [3.63, 3.8) is 0 Å². The van der Waals surface area contributed by atoms with Crippen LogP contribution in [0.1, 0.15) is 42.9 Å². The van der Waals surface area contributed by atoms with Crippen LogP contribution in [0.2, 0.25) is 0 Å². The second-order valence-corrected chi connectivity index (χ2v) is 5.44. The summed E-state index contributed by atoms with van der Waals surface area (Å²) in [5.74, 6) is 0.647. The van der Waals surface area contributed by atoms with Crippen molar-refractivity contribution in [2.24, 2.45) is 5.73 Å². The van der Waals surface area contributed by atoms with Crippen molar-refractivity contribution in [2.45, 2.75) is 38.1 Å². The van der Waals surface area contributed by atoms with Gasteiger partial charge in [-0.05, 0) is 24.3 Å². The van der Waals surface area contributed by atoms with E-state index in [1.54, 1.807) is 11.3 Å². The van der Waals surface area contributed by atoms with Crippen molar-refractivity contribution in [3.05, 3.63) is 28.1 Å². The van der Waals surface area contributed by atoms with Crippen molar-refractivity contribution in [3.8, 4) is 11.3 Å². The molecule has 0 saturated heterocycles. The molecule has 0 spiro atoms. The standard InChI is InChI=1S/C13H17N3S/c14-7-11-12(9-3-1-2-4-9)15-16-13(11)10-5-6-17-8-10/h5-6,8-9H,1-4,7,14H2,(H,15,16). The van der Waals surface area contributed by atoms with Gasteiger partial charge in [0.05, 0.1) is 5.69 Å². The summed E-state index contributed by atoms with van der Waals surface area (Å²) in [7, 11) is 0. The zero-order valence-corrected chi connectivity index (χ0v) is 10.6. The minimum atomic E-state index is 0.577. The molecule has 2 aromatic heterocycles. The Kier molecular flexibility index (Phi) is 2.99. The summed E-state index contributed by atoms with van der Waals surface area (Å²) in [6.45, 7) is 0.577. The van der Waals surface area contributed by atoms with Gasteiger partial charge >= 0.3 is 0 Å². The molecular formula is C13H17N3S. The Hall–Kier alpha value is -1.13. The van der Waals surface area contributed by atoms with E-state index in [2.05, 4.69) is 27.0 Å². The van der Waals surface area contributed by atoms with Crippen molar-refractivity contribution < 1.29 is 0 Å². The average Bonchev–Trinajstić information content (AvgIpc) is 3.09. The second kappa shape index (κ2) is 4.63. The van der Waals surface area contributed by atoms with Gasteiger partial charge in [-0.15, -0.1) is 0 Å². The maximum absolute atomic E-state index is 5.91. The number of nitrogens with one attached hydrogen (secondary N) is 1. The highest BCUT2D eigenvalue weighted by atomic mass is 32.1. The van der Waals surface area contributed by atoms with Crippen molar-refractivity contribution in [1.82, 2.24) is 10.2 Å². The summed E-state index contributed by atoms with van der Waals surface area (Å²) in [5.41, 5.74) is 10.7. The van der Waals surface area contributed by atoms with E-state index in [1.165, 1.54) is 42.5 Å². The molecule has 0 unspecified atom stereocenters. The van der Waals surface area contributed by atoms with Crippen molar-refractivity contribution >= 4 is 11.3 Å². The van der Waals surface area contributed by atoms with Crippen LogP contribution in [0.4, 0.5) is 0 Å². The van der Waals surface area contributed by atoms with Crippen LogP contribution in [-0.4, -0.2) is 10.2 Å². The van der Waals surface area contributed by atoms with E-state index in [-0.39, 0.29) is 0 Å². The first kappa shape index (κ1) is 11.0. The lowest BCUT2D eigenvalue weighted by molar-refractivity contribution is 0.684. The van der Waals surface area contributed by atoms with E-state index in [0.29, 0.717) is 12.5 Å². The lowest BCUT2D eigenvalue weighted by atomic mass is 9.97. The molecule has 0 radical (unpaired) electrons. The minimum absolute atomic E-state index is 0.577. The molecule has 3 nitrogen and oxygen atoms in total. The lowest BCUT2D eigenvalue weighted by Gasteiger charge is -2.08. The molecule has 4 heteroatoms. The van der Waals surface area contributed by atoms with E-state index in [9.17, 15) is 0 Å². The smallest absolute Gasteiger partial charge is 0.0976 e. The van der Waals surface area contributed by atoms with Crippen LogP contribution in [0.5, 0.6) is 0 Å². The molecular weight excluding hydrogens is 230 g/mol. The summed E-state index contributed by atoms with van der Waals surface area (Å²) in [5, 5.41) is 11.9. The molecule has 3 N–H and O–H groups in total. The van der Waals surface area contributed by atoms with Crippen LogP contribution in [0, 0.1) is 0 Å². The number of aromatic amines is 1. The molecule has 0 aromatic carbocycles. The van der Waals surface area contributed by atoms with E-state index < -0.39 is 0 Å². The third-order valence-electron chi connectivity index (χ3n) is 3.66. The van der Waals surface area contributed by atoms with E-state index in [0.717, 1.165) is 5.69 Å². The Morgan fingerprint density at radius 2 is 2.24 bits per heavy atom. The van der Waals surface area contributed by atoms with Gasteiger partial charge in [-0.3, -0.25) is 5.10 Å². The Bertz CT molecular complexity index is 481. The monoisotopic (exact) mass is 247 g/mol. The number of thiophene rings is 1. The Labute approximate surface area is 105 Å². The topological polar surface area (TPSA) is 54.7 Å². The fourth-order valence-electron chi connectivity index (χ4n) is 2.78. The van der Waals surface area contributed by atoms with Crippen LogP contribution in [0.15, 0.2) is 16.8 Å². The summed E-state index contributed by atoms with van der Waals surface area (Å²) >= 11 is 1.70. The van der Waals surface area contributed by atoms with Crippen LogP contribution in [0.3, 0.4) is 0 Å². The fourth-order valence-corrected chi connectivity index (χ4v) is 3.42. The van der Waals surface area contributed by atoms with E-state index >= 15 is 0 Å². The molecule has 17 heavy (non-hydrogen) atoms. The molecule has 3 rings (SSSR count). The highest BCUT2D eigenvalue weighted by Crippen LogP contribution is 2.37. The molecule has 0 atom stereocenters. The SMILES string of the molecule is NCc1c(-c2ccsc2)n[nH]c1C1CCCC1. The summed E-state index contributed by atoms with van der Waals surface area (Å²) in [4.78, 5) is 0. The lowest BCUT2D eigenvalue weighted by Crippen LogP contribution is -2.03. The summed E-state index contributed by atoms with van der Waals surface area (Å²) in [6, 6.07) is 2.11. The second-order valence-electron chi connectivity index (χ2n) is 4.66. The van der Waals surface area contributed by atoms with Crippen LogP contribution < -0.4 is 5.73 Å². The zero-order chi connectivity index (χ0) is 11.7. The molecule has 1 aliphatic carbocycles. The fraction of sp³-hybridized carbons (Fsp3) is 0.462. The Morgan fingerprint density at radius 1 is 1.41 bits per heavy atom. The quantitative estimate of drug-likeness (QED) is 0.874. The molecule has 1 saturated carbocycles. The van der Waals surface area contributed by atoms with E-state index in [4.69, 9.17) is 5.73 Å². The molecule has 1 aliphatic rings. The average molecular weight is 247 g/mol. The predicted molar refractivity (Wildman–Crippen MR) is 71.0 cm³/mol. The molecule has 0 aliphatic heterocycles. The first-order valence-electron chi connectivity index (χ1n) is 6.20. The van der Waals surface area contributed by atoms with Gasteiger partial charge in [0.25, 0.3) is 0 Å². The summed E-state index contributed by atoms with van der Waals surface area (Å²) in [6.07, 6.45) is 5.22. The number of rotatable bonds is 3. The predicted octanol–water partition coefficient (Wildman–Crippen LogP) is 3.25. The maximum atomic E-state index is 5.91. The van der Waals surface area contributed by atoms with Gasteiger partial charge in [0, 0.05) is 34.7 Å². The molecule has 90 valence electrons. The highest BCUT2D eigenvalue weighted by molar-refractivity contribution is 7.08. The normalized spacial score (nSPS) is 16.8. The van der Waals surface area contributed by atoms with Gasteiger partial charge < -0.3 is 5.73 Å². The number of nitrogens with zero attached hydrogens (tertiary/aromatic N) is 1. The van der Waals surface area contributed by atoms with Crippen LogP contribution >= 0.6 is 11.3 Å². The largest absolute Gasteiger partial charge is 0.326 e. The molecule has 0 bridgehead atoms. The van der Waals surface area contributed by atoms with Gasteiger partial charge in [-0.25, -0.2) is 0 Å². The van der Waals surface area contributed by atoms with Crippen LogP contribution in [0.25, 0.3) is 11.3 Å². The Morgan fingerprint density at radius 3 is 2.88 bits per heavy atom. The molecule has 1 fully saturated rings. The summed E-state index contributed by atoms with van der Waals surface area (Å²) < 4.78 is 0.